The van der Waals surface area contributed by atoms with Gasteiger partial charge in [-0.15, -0.1) is 11.8 Å². The maximum Gasteiger partial charge on any atom is 0.123 e. The molecule has 0 bridgehead atoms. The lowest BCUT2D eigenvalue weighted by molar-refractivity contribution is 0.481. The number of benzene rings is 3. The maximum atomic E-state index is 9.89. The average Bonchev–Trinajstić information content (AvgIpc) is 2.47. The zero-order valence-corrected chi connectivity index (χ0v) is 11.7. The predicted octanol–water partition coefficient (Wildman–Crippen LogP) is 4.42. The maximum absolute atomic E-state index is 9.89. The van der Waals surface area contributed by atoms with Gasteiger partial charge in [-0.2, -0.15) is 0 Å². The number of anilines is 1. The number of thioether (sulfide) groups is 1. The van der Waals surface area contributed by atoms with Gasteiger partial charge in [0.1, 0.15) is 5.75 Å². The fraction of sp³-hybridized carbons (Fsp3) is 0.0588. The molecule has 0 spiro atoms. The van der Waals surface area contributed by atoms with Gasteiger partial charge in [-0.05, 0) is 35.2 Å². The number of phenolic OH excluding ortho intramolecular Hbond substituents is 1. The fourth-order valence-electron chi connectivity index (χ4n) is 2.23. The summed E-state index contributed by atoms with van der Waals surface area (Å²) in [6.07, 6.45) is 0. The van der Waals surface area contributed by atoms with Crippen molar-refractivity contribution in [1.82, 2.24) is 0 Å². The number of aromatic hydroxyl groups is 1. The Hall–Kier alpha value is -2.13. The Morgan fingerprint density at radius 1 is 0.900 bits per heavy atom. The minimum atomic E-state index is 0.328. The Morgan fingerprint density at radius 2 is 1.70 bits per heavy atom. The summed E-state index contributed by atoms with van der Waals surface area (Å²) in [6, 6.07) is 19.6. The molecule has 3 N–H and O–H groups in total. The number of nitrogens with two attached hydrogens (primary N) is 1. The van der Waals surface area contributed by atoms with Gasteiger partial charge in [-0.25, -0.2) is 0 Å². The Bertz CT molecular complexity index is 755. The summed E-state index contributed by atoms with van der Waals surface area (Å²) >= 11 is 1.75. The van der Waals surface area contributed by atoms with Crippen LogP contribution in [0.3, 0.4) is 0 Å². The van der Waals surface area contributed by atoms with E-state index in [1.807, 2.05) is 48.5 Å². The van der Waals surface area contributed by atoms with E-state index in [1.165, 1.54) is 10.5 Å². The van der Waals surface area contributed by atoms with Crippen LogP contribution in [0.5, 0.6) is 5.75 Å². The molecule has 0 atom stereocenters. The van der Waals surface area contributed by atoms with Crippen LogP contribution >= 0.6 is 11.8 Å². The van der Waals surface area contributed by atoms with E-state index in [-0.39, 0.29) is 0 Å². The zero-order chi connectivity index (χ0) is 13.9. The molecule has 100 valence electrons. The van der Waals surface area contributed by atoms with Gasteiger partial charge in [0, 0.05) is 21.7 Å². The first-order valence-corrected chi connectivity index (χ1v) is 7.40. The van der Waals surface area contributed by atoms with Crippen LogP contribution in [0.1, 0.15) is 5.56 Å². The molecule has 3 aromatic carbocycles. The topological polar surface area (TPSA) is 46.2 Å². The minimum absolute atomic E-state index is 0.328. The number of hydrogen-bond donors (Lipinski definition) is 2. The third-order valence-corrected chi connectivity index (χ3v) is 4.35. The van der Waals surface area contributed by atoms with Crippen LogP contribution in [0.25, 0.3) is 10.8 Å². The van der Waals surface area contributed by atoms with E-state index in [0.717, 1.165) is 22.2 Å². The number of nitrogen functional groups attached to an aromatic ring is 1. The minimum Gasteiger partial charge on any atom is -0.507 e. The molecule has 0 aliphatic heterocycles. The molecule has 0 fully saturated rings. The molecule has 0 aliphatic rings. The van der Waals surface area contributed by atoms with Crippen molar-refractivity contribution in [2.45, 2.75) is 10.6 Å². The van der Waals surface area contributed by atoms with Gasteiger partial charge < -0.3 is 10.8 Å². The van der Waals surface area contributed by atoms with Crippen LogP contribution in [-0.2, 0) is 5.75 Å². The number of hydrogen-bond acceptors (Lipinski definition) is 3. The molecule has 3 rings (SSSR count). The second kappa shape index (κ2) is 5.47. The van der Waals surface area contributed by atoms with E-state index in [2.05, 4.69) is 6.07 Å². The van der Waals surface area contributed by atoms with Gasteiger partial charge in [-0.1, -0.05) is 36.4 Å². The quantitative estimate of drug-likeness (QED) is 0.552. The van der Waals surface area contributed by atoms with Gasteiger partial charge >= 0.3 is 0 Å². The van der Waals surface area contributed by atoms with Crippen molar-refractivity contribution in [3.05, 3.63) is 66.2 Å². The van der Waals surface area contributed by atoms with E-state index in [4.69, 9.17) is 5.73 Å². The molecular formula is C17H15NOS. The highest BCUT2D eigenvalue weighted by atomic mass is 32.2. The van der Waals surface area contributed by atoms with Crippen LogP contribution in [0.2, 0.25) is 0 Å². The molecule has 0 heterocycles. The molecular weight excluding hydrogens is 266 g/mol. The van der Waals surface area contributed by atoms with Crippen LogP contribution in [0, 0.1) is 0 Å². The summed E-state index contributed by atoms with van der Waals surface area (Å²) in [7, 11) is 0. The fourth-order valence-corrected chi connectivity index (χ4v) is 3.22. The summed E-state index contributed by atoms with van der Waals surface area (Å²) in [4.78, 5) is 1.17. The molecule has 0 saturated carbocycles. The number of phenols is 1. The van der Waals surface area contributed by atoms with Crippen molar-refractivity contribution in [2.75, 3.05) is 5.73 Å². The van der Waals surface area contributed by atoms with Crippen LogP contribution in [0.4, 0.5) is 5.69 Å². The molecule has 2 nitrogen and oxygen atoms in total. The smallest absolute Gasteiger partial charge is 0.123 e. The van der Waals surface area contributed by atoms with E-state index in [1.54, 1.807) is 17.8 Å². The van der Waals surface area contributed by atoms with Crippen LogP contribution in [-0.4, -0.2) is 5.11 Å². The summed E-state index contributed by atoms with van der Waals surface area (Å²) in [5.74, 6) is 1.19. The van der Waals surface area contributed by atoms with Crippen molar-refractivity contribution in [3.8, 4) is 5.75 Å². The molecule has 0 radical (unpaired) electrons. The van der Waals surface area contributed by atoms with Gasteiger partial charge in [0.15, 0.2) is 0 Å². The lowest BCUT2D eigenvalue weighted by Crippen LogP contribution is -1.87. The number of rotatable bonds is 3. The Labute approximate surface area is 122 Å². The van der Waals surface area contributed by atoms with Gasteiger partial charge in [-0.3, -0.25) is 0 Å². The van der Waals surface area contributed by atoms with Crippen molar-refractivity contribution in [3.63, 3.8) is 0 Å². The first-order chi connectivity index (χ1) is 9.74. The Morgan fingerprint density at radius 3 is 2.50 bits per heavy atom. The van der Waals surface area contributed by atoms with Gasteiger partial charge in [0.25, 0.3) is 0 Å². The first kappa shape index (κ1) is 12.9. The summed E-state index contributed by atoms with van der Waals surface area (Å²) in [5, 5.41) is 11.9. The van der Waals surface area contributed by atoms with Crippen molar-refractivity contribution >= 4 is 28.2 Å². The summed E-state index contributed by atoms with van der Waals surface area (Å²) < 4.78 is 0. The van der Waals surface area contributed by atoms with Crippen LogP contribution in [0.15, 0.2) is 65.6 Å². The third kappa shape index (κ3) is 2.58. The first-order valence-electron chi connectivity index (χ1n) is 6.42. The third-order valence-electron chi connectivity index (χ3n) is 3.21. The normalized spacial score (nSPS) is 10.8. The van der Waals surface area contributed by atoms with E-state index in [9.17, 15) is 5.11 Å². The van der Waals surface area contributed by atoms with E-state index < -0.39 is 0 Å². The monoisotopic (exact) mass is 281 g/mol. The second-order valence-electron chi connectivity index (χ2n) is 4.66. The number of fused-ring (bicyclic) bond motifs is 1. The lowest BCUT2D eigenvalue weighted by Gasteiger charge is -2.08. The van der Waals surface area contributed by atoms with E-state index in [0.29, 0.717) is 5.75 Å². The van der Waals surface area contributed by atoms with Crippen molar-refractivity contribution in [2.24, 2.45) is 0 Å². The van der Waals surface area contributed by atoms with Gasteiger partial charge in [0.05, 0.1) is 0 Å². The van der Waals surface area contributed by atoms with Crippen molar-refractivity contribution < 1.29 is 5.11 Å². The molecule has 0 unspecified atom stereocenters. The zero-order valence-electron chi connectivity index (χ0n) is 10.9. The highest BCUT2D eigenvalue weighted by Gasteiger charge is 2.05. The molecule has 3 aromatic rings. The average molecular weight is 281 g/mol. The summed E-state index contributed by atoms with van der Waals surface area (Å²) in [5.41, 5.74) is 7.79. The molecule has 0 aliphatic carbocycles. The Balaban J connectivity index is 1.90. The SMILES string of the molecule is Nc1cccc(CSc2ccc(O)c3ccccc23)c1. The predicted molar refractivity (Wildman–Crippen MR) is 86.0 cm³/mol. The molecule has 0 aromatic heterocycles. The molecule has 0 saturated heterocycles. The Kier molecular flexibility index (Phi) is 3.52. The van der Waals surface area contributed by atoms with Crippen molar-refractivity contribution in [1.29, 1.82) is 0 Å². The molecule has 0 amide bonds. The van der Waals surface area contributed by atoms with Gasteiger partial charge in [0.2, 0.25) is 0 Å². The van der Waals surface area contributed by atoms with E-state index >= 15 is 0 Å². The standard InChI is InChI=1S/C17H15NOS/c18-13-5-3-4-12(10-13)11-20-17-9-8-16(19)14-6-1-2-7-15(14)17/h1-10,19H,11,18H2. The molecule has 3 heteroatoms. The lowest BCUT2D eigenvalue weighted by atomic mass is 10.1. The highest BCUT2D eigenvalue weighted by molar-refractivity contribution is 7.98. The van der Waals surface area contributed by atoms with Crippen LogP contribution < -0.4 is 5.73 Å². The summed E-state index contributed by atoms with van der Waals surface area (Å²) in [6.45, 7) is 0. The second-order valence-corrected chi connectivity index (χ2v) is 5.68. The highest BCUT2D eigenvalue weighted by Crippen LogP contribution is 2.34. The molecule has 20 heavy (non-hydrogen) atoms. The largest absolute Gasteiger partial charge is 0.507 e.